The molecular formula is C17H13F2NO3S. The second kappa shape index (κ2) is 6.94. The van der Waals surface area contributed by atoms with Gasteiger partial charge in [-0.1, -0.05) is 0 Å². The van der Waals surface area contributed by atoms with Crippen molar-refractivity contribution in [2.75, 3.05) is 6.54 Å². The molecule has 0 fully saturated rings. The van der Waals surface area contributed by atoms with E-state index in [0.717, 1.165) is 17.7 Å². The summed E-state index contributed by atoms with van der Waals surface area (Å²) in [7, 11) is 0. The first-order chi connectivity index (χ1) is 11.5. The molecule has 1 atom stereocenters. The number of thiophene rings is 1. The zero-order chi connectivity index (χ0) is 17.1. The van der Waals surface area contributed by atoms with Gasteiger partial charge < -0.3 is 14.8 Å². The Kier molecular flexibility index (Phi) is 4.73. The van der Waals surface area contributed by atoms with E-state index in [4.69, 9.17) is 4.42 Å². The summed E-state index contributed by atoms with van der Waals surface area (Å²) in [5.74, 6) is -1.81. The van der Waals surface area contributed by atoms with Crippen LogP contribution in [0.4, 0.5) is 8.78 Å². The molecule has 7 heteroatoms. The summed E-state index contributed by atoms with van der Waals surface area (Å²) in [5, 5.41) is 16.4. The average molecular weight is 349 g/mol. The van der Waals surface area contributed by atoms with Crippen molar-refractivity contribution >= 4 is 17.2 Å². The molecule has 0 spiro atoms. The number of hydrogen-bond donors (Lipinski definition) is 2. The molecule has 0 aliphatic carbocycles. The van der Waals surface area contributed by atoms with E-state index >= 15 is 0 Å². The Morgan fingerprint density at radius 2 is 2.04 bits per heavy atom. The zero-order valence-electron chi connectivity index (χ0n) is 12.3. The molecule has 2 heterocycles. The van der Waals surface area contributed by atoms with Crippen LogP contribution in [0.1, 0.15) is 22.2 Å². The molecule has 3 rings (SSSR count). The van der Waals surface area contributed by atoms with E-state index in [0.29, 0.717) is 11.5 Å². The molecule has 0 bridgehead atoms. The normalized spacial score (nSPS) is 12.1. The van der Waals surface area contributed by atoms with Crippen LogP contribution in [0.3, 0.4) is 0 Å². The lowest BCUT2D eigenvalue weighted by Crippen LogP contribution is -2.28. The molecule has 1 aromatic carbocycles. The lowest BCUT2D eigenvalue weighted by Gasteiger charge is -2.10. The highest BCUT2D eigenvalue weighted by molar-refractivity contribution is 7.08. The minimum Gasteiger partial charge on any atom is -0.458 e. The van der Waals surface area contributed by atoms with Gasteiger partial charge in [0.1, 0.15) is 17.6 Å². The quantitative estimate of drug-likeness (QED) is 0.737. The number of benzene rings is 1. The van der Waals surface area contributed by atoms with Crippen LogP contribution >= 0.6 is 11.3 Å². The Balaban J connectivity index is 1.62. The molecule has 1 amide bonds. The molecule has 1 unspecified atom stereocenters. The van der Waals surface area contributed by atoms with Gasteiger partial charge in [-0.05, 0) is 41.8 Å². The summed E-state index contributed by atoms with van der Waals surface area (Å²) >= 11 is 1.53. The largest absolute Gasteiger partial charge is 0.458 e. The van der Waals surface area contributed by atoms with Crippen molar-refractivity contribution in [2.45, 2.75) is 6.10 Å². The molecule has 2 N–H and O–H groups in total. The van der Waals surface area contributed by atoms with Crippen LogP contribution in [0.2, 0.25) is 0 Å². The van der Waals surface area contributed by atoms with Gasteiger partial charge in [0, 0.05) is 16.5 Å². The summed E-state index contributed by atoms with van der Waals surface area (Å²) in [5.41, 5.74) is 0.879. The summed E-state index contributed by atoms with van der Waals surface area (Å²) < 4.78 is 31.5. The monoisotopic (exact) mass is 349 g/mol. The number of amides is 1. The maximum absolute atomic E-state index is 13.1. The van der Waals surface area contributed by atoms with Crippen molar-refractivity contribution in [2.24, 2.45) is 0 Å². The van der Waals surface area contributed by atoms with Gasteiger partial charge in [-0.25, -0.2) is 8.78 Å². The number of furan rings is 1. The topological polar surface area (TPSA) is 62.5 Å². The van der Waals surface area contributed by atoms with E-state index in [1.165, 1.54) is 17.4 Å². The molecule has 0 saturated heterocycles. The predicted octanol–water partition coefficient (Wildman–Crippen LogP) is 3.75. The Hall–Kier alpha value is -2.51. The predicted molar refractivity (Wildman–Crippen MR) is 85.7 cm³/mol. The standard InChI is InChI=1S/C17H13F2NO3S/c18-12-2-1-10(7-13(12)19)17(22)20-8-14(21)16-4-3-15(23-16)11-5-6-24-9-11/h1-7,9,14,21H,8H2,(H,20,22). The number of halogens is 2. The van der Waals surface area contributed by atoms with Crippen molar-refractivity contribution in [1.82, 2.24) is 5.32 Å². The summed E-state index contributed by atoms with van der Waals surface area (Å²) in [6.07, 6.45) is -1.05. The number of carbonyl (C=O) groups is 1. The second-order valence-electron chi connectivity index (χ2n) is 5.07. The highest BCUT2D eigenvalue weighted by Crippen LogP contribution is 2.26. The van der Waals surface area contributed by atoms with Crippen molar-refractivity contribution in [3.05, 3.63) is 70.1 Å². The van der Waals surface area contributed by atoms with Crippen molar-refractivity contribution in [3.63, 3.8) is 0 Å². The Labute approximate surface area is 140 Å². The fourth-order valence-corrected chi connectivity index (χ4v) is 2.77. The lowest BCUT2D eigenvalue weighted by molar-refractivity contribution is 0.0901. The van der Waals surface area contributed by atoms with Gasteiger partial charge in [0.05, 0.1) is 6.54 Å². The minimum absolute atomic E-state index is 0.0282. The SMILES string of the molecule is O=C(NCC(O)c1ccc(-c2ccsc2)o1)c1ccc(F)c(F)c1. The highest BCUT2D eigenvalue weighted by Gasteiger charge is 2.16. The van der Waals surface area contributed by atoms with Crippen LogP contribution in [0, 0.1) is 11.6 Å². The summed E-state index contributed by atoms with van der Waals surface area (Å²) in [4.78, 5) is 11.9. The molecule has 3 aromatic rings. The van der Waals surface area contributed by atoms with Crippen molar-refractivity contribution in [3.8, 4) is 11.3 Å². The van der Waals surface area contributed by atoms with Crippen LogP contribution < -0.4 is 5.32 Å². The van der Waals surface area contributed by atoms with Gasteiger partial charge in [-0.15, -0.1) is 0 Å². The van der Waals surface area contributed by atoms with E-state index in [1.807, 2.05) is 16.8 Å². The highest BCUT2D eigenvalue weighted by atomic mass is 32.1. The van der Waals surface area contributed by atoms with Crippen LogP contribution in [-0.2, 0) is 0 Å². The van der Waals surface area contributed by atoms with Crippen LogP contribution in [0.25, 0.3) is 11.3 Å². The molecule has 124 valence electrons. The van der Waals surface area contributed by atoms with E-state index in [2.05, 4.69) is 5.32 Å². The van der Waals surface area contributed by atoms with Gasteiger partial charge in [-0.2, -0.15) is 11.3 Å². The zero-order valence-corrected chi connectivity index (χ0v) is 13.1. The molecular weight excluding hydrogens is 336 g/mol. The average Bonchev–Trinajstić information content (AvgIpc) is 3.25. The molecule has 4 nitrogen and oxygen atoms in total. The fraction of sp³-hybridized carbons (Fsp3) is 0.118. The van der Waals surface area contributed by atoms with Crippen LogP contribution in [0.15, 0.2) is 51.6 Å². The number of rotatable bonds is 5. The number of aliphatic hydroxyl groups excluding tert-OH is 1. The van der Waals surface area contributed by atoms with E-state index in [-0.39, 0.29) is 12.1 Å². The number of carbonyl (C=O) groups excluding carboxylic acids is 1. The first-order valence-corrected chi connectivity index (χ1v) is 8.02. The fourth-order valence-electron chi connectivity index (χ4n) is 2.12. The maximum Gasteiger partial charge on any atom is 0.251 e. The molecule has 0 saturated carbocycles. The number of hydrogen-bond acceptors (Lipinski definition) is 4. The Morgan fingerprint density at radius 1 is 1.21 bits per heavy atom. The van der Waals surface area contributed by atoms with Crippen LogP contribution in [0.5, 0.6) is 0 Å². The first-order valence-electron chi connectivity index (χ1n) is 7.08. The maximum atomic E-state index is 13.1. The first kappa shape index (κ1) is 16.4. The Bertz CT molecular complexity index is 845. The minimum atomic E-state index is -1.10. The van der Waals surface area contributed by atoms with Crippen molar-refractivity contribution in [1.29, 1.82) is 0 Å². The van der Waals surface area contributed by atoms with Gasteiger partial charge in [0.25, 0.3) is 5.91 Å². The third-order valence-corrected chi connectivity index (χ3v) is 4.08. The lowest BCUT2D eigenvalue weighted by atomic mass is 10.2. The van der Waals surface area contributed by atoms with Gasteiger partial charge in [-0.3, -0.25) is 4.79 Å². The number of aliphatic hydroxyl groups is 1. The van der Waals surface area contributed by atoms with E-state index in [1.54, 1.807) is 12.1 Å². The van der Waals surface area contributed by atoms with E-state index < -0.39 is 23.6 Å². The summed E-state index contributed by atoms with van der Waals surface area (Å²) in [6, 6.07) is 8.10. The van der Waals surface area contributed by atoms with Crippen LogP contribution in [-0.4, -0.2) is 17.6 Å². The van der Waals surface area contributed by atoms with Gasteiger partial charge in [0.2, 0.25) is 0 Å². The van der Waals surface area contributed by atoms with Gasteiger partial charge >= 0.3 is 0 Å². The summed E-state index contributed by atoms with van der Waals surface area (Å²) in [6.45, 7) is -0.117. The van der Waals surface area contributed by atoms with E-state index in [9.17, 15) is 18.7 Å². The smallest absolute Gasteiger partial charge is 0.251 e. The molecule has 0 radical (unpaired) electrons. The molecule has 0 aliphatic rings. The molecule has 2 aromatic heterocycles. The Morgan fingerprint density at radius 3 is 2.75 bits per heavy atom. The molecule has 24 heavy (non-hydrogen) atoms. The molecule has 0 aliphatic heterocycles. The van der Waals surface area contributed by atoms with Gasteiger partial charge in [0.15, 0.2) is 11.6 Å². The number of nitrogens with one attached hydrogen (secondary N) is 1. The van der Waals surface area contributed by atoms with Crippen molar-refractivity contribution < 1.29 is 23.1 Å². The third kappa shape index (κ3) is 3.52. The second-order valence-corrected chi connectivity index (χ2v) is 5.85. The third-order valence-electron chi connectivity index (χ3n) is 3.40.